The lowest BCUT2D eigenvalue weighted by molar-refractivity contribution is 0.212. The zero-order valence-electron chi connectivity index (χ0n) is 10.1. The van der Waals surface area contributed by atoms with E-state index < -0.39 is 0 Å². The first-order valence-electron chi connectivity index (χ1n) is 6.57. The molecule has 4 fully saturated rings. The molecule has 1 N–H and O–H groups in total. The molecule has 0 radical (unpaired) electrons. The number of nitrogens with one attached hydrogen (secondary N) is 1. The predicted octanol–water partition coefficient (Wildman–Crippen LogP) is 2.65. The second kappa shape index (κ2) is 5.30. The van der Waals surface area contributed by atoms with Crippen molar-refractivity contribution in [1.82, 2.24) is 5.32 Å². The number of aliphatic imine (C=N–C) groups is 2. The fraction of sp³-hybridized carbons (Fsp3) is 0.692. The van der Waals surface area contributed by atoms with Crippen molar-refractivity contribution in [3.63, 3.8) is 0 Å². The lowest BCUT2D eigenvalue weighted by Crippen LogP contribution is -2.38. The fourth-order valence-corrected chi connectivity index (χ4v) is 7.28. The van der Waals surface area contributed by atoms with Crippen LogP contribution in [-0.4, -0.2) is 31.2 Å². The van der Waals surface area contributed by atoms with Crippen LogP contribution < -0.4 is 5.32 Å². The van der Waals surface area contributed by atoms with Gasteiger partial charge in [-0.05, 0) is 55.5 Å². The molecular formula is C13H20N3P. The Kier molecular flexibility index (Phi) is 3.56. The lowest BCUT2D eigenvalue weighted by atomic mass is 9.76. The monoisotopic (exact) mass is 249 g/mol. The average Bonchev–Trinajstić information content (AvgIpc) is 2.59. The van der Waals surface area contributed by atoms with Crippen LogP contribution in [0.2, 0.25) is 0 Å². The van der Waals surface area contributed by atoms with Gasteiger partial charge in [0.25, 0.3) is 0 Å². The molecule has 4 heteroatoms. The van der Waals surface area contributed by atoms with E-state index >= 15 is 0 Å². The SMILES string of the molecule is C1=CN=CNC=N1.C1C2CC3CC1CP(C2)C3. The van der Waals surface area contributed by atoms with Gasteiger partial charge in [0, 0.05) is 12.4 Å². The van der Waals surface area contributed by atoms with Gasteiger partial charge in [0.15, 0.2) is 0 Å². The smallest absolute Gasteiger partial charge is 0.0930 e. The highest BCUT2D eigenvalue weighted by Crippen LogP contribution is 2.59. The van der Waals surface area contributed by atoms with Crippen molar-refractivity contribution in [2.75, 3.05) is 18.5 Å². The highest BCUT2D eigenvalue weighted by atomic mass is 31.1. The quantitative estimate of drug-likeness (QED) is 0.658. The molecule has 1 aliphatic carbocycles. The van der Waals surface area contributed by atoms with Crippen LogP contribution >= 0.6 is 7.92 Å². The largest absolute Gasteiger partial charge is 0.337 e. The summed E-state index contributed by atoms with van der Waals surface area (Å²) in [7, 11) is 0.588. The van der Waals surface area contributed by atoms with E-state index in [0.29, 0.717) is 7.92 Å². The van der Waals surface area contributed by atoms with Gasteiger partial charge in [-0.3, -0.25) is 0 Å². The highest BCUT2D eigenvalue weighted by Gasteiger charge is 2.41. The second-order valence-corrected chi connectivity index (χ2v) is 7.98. The molecule has 3 saturated heterocycles. The van der Waals surface area contributed by atoms with E-state index in [4.69, 9.17) is 0 Å². The molecule has 0 unspecified atom stereocenters. The lowest BCUT2D eigenvalue weighted by Gasteiger charge is -2.49. The van der Waals surface area contributed by atoms with E-state index in [-0.39, 0.29) is 0 Å². The third kappa shape index (κ3) is 2.95. The summed E-state index contributed by atoms with van der Waals surface area (Å²) < 4.78 is 0. The van der Waals surface area contributed by atoms with Crippen LogP contribution in [0, 0.1) is 17.8 Å². The molecule has 4 heterocycles. The Morgan fingerprint density at radius 3 is 1.71 bits per heavy atom. The van der Waals surface area contributed by atoms with Crippen LogP contribution in [0.3, 0.4) is 0 Å². The molecule has 4 bridgehead atoms. The third-order valence-electron chi connectivity index (χ3n) is 4.09. The Morgan fingerprint density at radius 2 is 1.29 bits per heavy atom. The molecule has 1 saturated carbocycles. The molecule has 5 aliphatic rings. The summed E-state index contributed by atoms with van der Waals surface area (Å²) in [4.78, 5) is 7.46. The number of hydrogen-bond donors (Lipinski definition) is 1. The number of rotatable bonds is 0. The number of nitrogens with zero attached hydrogens (tertiary/aromatic N) is 2. The van der Waals surface area contributed by atoms with Gasteiger partial charge >= 0.3 is 0 Å². The summed E-state index contributed by atoms with van der Waals surface area (Å²) in [6.07, 6.45) is 16.2. The first-order chi connectivity index (χ1) is 8.40. The van der Waals surface area contributed by atoms with Crippen LogP contribution in [-0.2, 0) is 0 Å². The predicted molar refractivity (Wildman–Crippen MR) is 75.1 cm³/mol. The van der Waals surface area contributed by atoms with Crippen LogP contribution in [0.4, 0.5) is 0 Å². The van der Waals surface area contributed by atoms with E-state index in [1.807, 2.05) is 0 Å². The van der Waals surface area contributed by atoms with Crippen molar-refractivity contribution in [1.29, 1.82) is 0 Å². The van der Waals surface area contributed by atoms with E-state index in [9.17, 15) is 0 Å². The first kappa shape index (κ1) is 11.4. The maximum Gasteiger partial charge on any atom is 0.0930 e. The number of hydrogen-bond acceptors (Lipinski definition) is 3. The standard InChI is InChI=1S/C9H15P.C4H5N3/c1-7-2-9-3-8(1)5-10(4-7)6-9;1-2-6-4-7-3-5-1/h7-9H,1-6H2;1-4H,(H,5,6,7). The molecule has 17 heavy (non-hydrogen) atoms. The third-order valence-corrected chi connectivity index (χ3v) is 7.18. The summed E-state index contributed by atoms with van der Waals surface area (Å²) in [5.74, 6) is 3.62. The minimum Gasteiger partial charge on any atom is -0.337 e. The topological polar surface area (TPSA) is 36.8 Å². The van der Waals surface area contributed by atoms with Gasteiger partial charge in [0.05, 0.1) is 12.7 Å². The van der Waals surface area contributed by atoms with Crippen LogP contribution in [0.1, 0.15) is 19.3 Å². The van der Waals surface area contributed by atoms with E-state index in [0.717, 1.165) is 0 Å². The molecule has 0 aromatic rings. The van der Waals surface area contributed by atoms with Crippen molar-refractivity contribution in [2.45, 2.75) is 19.3 Å². The summed E-state index contributed by atoms with van der Waals surface area (Å²) in [5, 5.41) is 2.70. The zero-order valence-corrected chi connectivity index (χ0v) is 11.0. The maximum absolute atomic E-state index is 3.73. The molecule has 4 aliphatic heterocycles. The van der Waals surface area contributed by atoms with Gasteiger partial charge in [-0.2, -0.15) is 0 Å². The molecule has 5 rings (SSSR count). The Bertz CT molecular complexity index is 278. The van der Waals surface area contributed by atoms with E-state index in [1.165, 1.54) is 17.8 Å². The molecule has 92 valence electrons. The van der Waals surface area contributed by atoms with Crippen molar-refractivity contribution < 1.29 is 0 Å². The van der Waals surface area contributed by atoms with Crippen molar-refractivity contribution >= 4 is 20.6 Å². The van der Waals surface area contributed by atoms with E-state index in [1.54, 1.807) is 62.8 Å². The molecular weight excluding hydrogens is 229 g/mol. The summed E-state index contributed by atoms with van der Waals surface area (Å²) in [5.41, 5.74) is 0. The van der Waals surface area contributed by atoms with Gasteiger partial charge in [-0.1, -0.05) is 0 Å². The Balaban J connectivity index is 0.000000115. The molecule has 0 amide bonds. The molecule has 0 atom stereocenters. The Labute approximate surface area is 104 Å². The molecule has 0 aromatic heterocycles. The zero-order chi connectivity index (χ0) is 11.5. The fourth-order valence-electron chi connectivity index (χ4n) is 3.75. The maximum atomic E-state index is 3.73. The van der Waals surface area contributed by atoms with Gasteiger partial charge in [-0.15, -0.1) is 7.92 Å². The first-order valence-corrected chi connectivity index (χ1v) is 8.46. The van der Waals surface area contributed by atoms with Gasteiger partial charge in [0.2, 0.25) is 0 Å². The molecule has 0 aromatic carbocycles. The Hall–Kier alpha value is -0.690. The summed E-state index contributed by atoms with van der Waals surface area (Å²) in [6.45, 7) is 0. The molecule has 3 nitrogen and oxygen atoms in total. The van der Waals surface area contributed by atoms with Crippen molar-refractivity contribution in [3.8, 4) is 0 Å². The van der Waals surface area contributed by atoms with Crippen molar-refractivity contribution in [2.24, 2.45) is 27.7 Å². The van der Waals surface area contributed by atoms with Crippen LogP contribution in [0.25, 0.3) is 0 Å². The average molecular weight is 249 g/mol. The Morgan fingerprint density at radius 1 is 0.824 bits per heavy atom. The van der Waals surface area contributed by atoms with Gasteiger partial charge < -0.3 is 5.32 Å². The van der Waals surface area contributed by atoms with Crippen molar-refractivity contribution in [3.05, 3.63) is 12.4 Å². The normalized spacial score (nSPS) is 40.5. The van der Waals surface area contributed by atoms with Gasteiger partial charge in [-0.25, -0.2) is 9.98 Å². The second-order valence-electron chi connectivity index (χ2n) is 5.54. The minimum absolute atomic E-state index is 0.588. The summed E-state index contributed by atoms with van der Waals surface area (Å²) in [6, 6.07) is 0. The summed E-state index contributed by atoms with van der Waals surface area (Å²) >= 11 is 0. The van der Waals surface area contributed by atoms with Crippen LogP contribution in [0.15, 0.2) is 22.4 Å². The highest BCUT2D eigenvalue weighted by molar-refractivity contribution is 7.57. The van der Waals surface area contributed by atoms with E-state index in [2.05, 4.69) is 15.3 Å². The van der Waals surface area contributed by atoms with Crippen LogP contribution in [0.5, 0.6) is 0 Å². The molecule has 0 spiro atoms. The van der Waals surface area contributed by atoms with Gasteiger partial charge in [0.1, 0.15) is 0 Å². The minimum atomic E-state index is 0.588.